The van der Waals surface area contributed by atoms with Gasteiger partial charge in [-0.3, -0.25) is 4.98 Å². The van der Waals surface area contributed by atoms with Crippen LogP contribution in [0.25, 0.3) is 0 Å². The van der Waals surface area contributed by atoms with E-state index in [1.165, 1.54) is 0 Å². The smallest absolute Gasteiger partial charge is 0.315 e. The molecule has 0 fully saturated rings. The number of hydrogen-bond acceptors (Lipinski definition) is 4. The summed E-state index contributed by atoms with van der Waals surface area (Å²) < 4.78 is 5.37. The van der Waals surface area contributed by atoms with E-state index < -0.39 is 0 Å². The van der Waals surface area contributed by atoms with Crippen LogP contribution in [-0.2, 0) is 6.54 Å². The van der Waals surface area contributed by atoms with Crippen LogP contribution in [0.3, 0.4) is 0 Å². The Morgan fingerprint density at radius 1 is 1.24 bits per heavy atom. The second-order valence-corrected chi connectivity index (χ2v) is 6.19. The number of ether oxygens (including phenoxy) is 1. The maximum absolute atomic E-state index is 12.3. The molecule has 25 heavy (non-hydrogen) atoms. The summed E-state index contributed by atoms with van der Waals surface area (Å²) in [6.45, 7) is 9.01. The van der Waals surface area contributed by atoms with Crippen molar-refractivity contribution in [2.45, 2.75) is 40.3 Å². The van der Waals surface area contributed by atoms with E-state index in [1.807, 2.05) is 38.1 Å². The lowest BCUT2D eigenvalue weighted by Gasteiger charge is -2.23. The zero-order valence-corrected chi connectivity index (χ0v) is 15.2. The summed E-state index contributed by atoms with van der Waals surface area (Å²) in [5.74, 6) is 0.788. The van der Waals surface area contributed by atoms with Gasteiger partial charge >= 0.3 is 6.03 Å². The molecule has 0 radical (unpaired) electrons. The molecule has 2 amide bonds. The number of carbonyl (C=O) groups excluding carboxylic acids is 1. The maximum atomic E-state index is 12.3. The number of urea groups is 1. The molecule has 0 aliphatic heterocycles. The number of rotatable bonds is 7. The van der Waals surface area contributed by atoms with Crippen LogP contribution in [0.15, 0.2) is 36.7 Å². The Labute approximate surface area is 149 Å². The molecular weight excluding hydrogens is 316 g/mol. The molecule has 2 heterocycles. The van der Waals surface area contributed by atoms with Crippen molar-refractivity contribution >= 4 is 6.03 Å². The van der Waals surface area contributed by atoms with Gasteiger partial charge in [0.05, 0.1) is 18.3 Å². The van der Waals surface area contributed by atoms with Crippen molar-refractivity contribution in [3.63, 3.8) is 0 Å². The largest absolute Gasteiger partial charge is 0.478 e. The Balaban J connectivity index is 1.98. The van der Waals surface area contributed by atoms with Gasteiger partial charge < -0.3 is 15.4 Å². The third-order valence-corrected chi connectivity index (χ3v) is 3.84. The molecule has 2 N–H and O–H groups in total. The van der Waals surface area contributed by atoms with E-state index in [1.54, 1.807) is 12.4 Å². The first-order valence-electron chi connectivity index (χ1n) is 8.54. The van der Waals surface area contributed by atoms with Crippen molar-refractivity contribution in [2.75, 3.05) is 6.61 Å². The standard InChI is InChI=1S/C19H26N4O2/c1-5-25-16-11-15(8-10-20-16)12-22-19(24)23-17(13(2)3)18-14(4)7-6-9-21-18/h6-11,13,17H,5,12H2,1-4H3,(H2,22,23,24). The molecule has 0 aliphatic carbocycles. The zero-order chi connectivity index (χ0) is 18.2. The number of amides is 2. The van der Waals surface area contributed by atoms with Crippen molar-refractivity contribution in [2.24, 2.45) is 5.92 Å². The molecule has 0 saturated heterocycles. The second kappa shape index (κ2) is 9.01. The summed E-state index contributed by atoms with van der Waals surface area (Å²) in [5, 5.41) is 5.91. The lowest BCUT2D eigenvalue weighted by Crippen LogP contribution is -2.40. The minimum Gasteiger partial charge on any atom is -0.478 e. The van der Waals surface area contributed by atoms with Crippen LogP contribution in [0.2, 0.25) is 0 Å². The number of aryl methyl sites for hydroxylation is 1. The molecule has 6 heteroatoms. The molecule has 1 unspecified atom stereocenters. The third-order valence-electron chi connectivity index (χ3n) is 3.84. The molecule has 2 aromatic heterocycles. The predicted molar refractivity (Wildman–Crippen MR) is 97.3 cm³/mol. The number of pyridine rings is 2. The molecule has 0 spiro atoms. The quantitative estimate of drug-likeness (QED) is 0.809. The summed E-state index contributed by atoms with van der Waals surface area (Å²) in [4.78, 5) is 20.9. The van der Waals surface area contributed by atoms with Gasteiger partial charge in [0, 0.05) is 25.0 Å². The number of nitrogens with zero attached hydrogens (tertiary/aromatic N) is 2. The van der Waals surface area contributed by atoms with Gasteiger partial charge in [0.15, 0.2) is 0 Å². The van der Waals surface area contributed by atoms with Crippen molar-refractivity contribution in [3.05, 3.63) is 53.5 Å². The summed E-state index contributed by atoms with van der Waals surface area (Å²) >= 11 is 0. The van der Waals surface area contributed by atoms with Crippen molar-refractivity contribution in [1.29, 1.82) is 0 Å². The van der Waals surface area contributed by atoms with E-state index >= 15 is 0 Å². The molecule has 0 aliphatic rings. The molecule has 134 valence electrons. The van der Waals surface area contributed by atoms with E-state index in [0.29, 0.717) is 19.0 Å². The van der Waals surface area contributed by atoms with Gasteiger partial charge in [-0.1, -0.05) is 19.9 Å². The number of nitrogens with one attached hydrogen (secondary N) is 2. The van der Waals surface area contributed by atoms with E-state index in [0.717, 1.165) is 16.8 Å². The SMILES string of the molecule is CCOc1cc(CNC(=O)NC(c2ncccc2C)C(C)C)ccn1. The average Bonchev–Trinajstić information content (AvgIpc) is 2.59. The fourth-order valence-electron chi connectivity index (χ4n) is 2.54. The zero-order valence-electron chi connectivity index (χ0n) is 15.2. The summed E-state index contributed by atoms with van der Waals surface area (Å²) in [6.07, 6.45) is 3.43. The Hall–Kier alpha value is -2.63. The highest BCUT2D eigenvalue weighted by Crippen LogP contribution is 2.22. The highest BCUT2D eigenvalue weighted by Gasteiger charge is 2.21. The van der Waals surface area contributed by atoms with Gasteiger partial charge in [-0.15, -0.1) is 0 Å². The molecule has 2 aromatic rings. The molecule has 1 atom stereocenters. The topological polar surface area (TPSA) is 76.1 Å². The minimum atomic E-state index is -0.224. The van der Waals surface area contributed by atoms with Crippen LogP contribution in [0.4, 0.5) is 4.79 Å². The highest BCUT2D eigenvalue weighted by molar-refractivity contribution is 5.74. The molecule has 0 aromatic carbocycles. The van der Waals surface area contributed by atoms with Crippen LogP contribution in [0, 0.1) is 12.8 Å². The molecule has 6 nitrogen and oxygen atoms in total. The number of carbonyl (C=O) groups is 1. The molecular formula is C19H26N4O2. The Bertz CT molecular complexity index is 703. The number of aromatic nitrogens is 2. The van der Waals surface area contributed by atoms with Gasteiger partial charge in [0.1, 0.15) is 0 Å². The Morgan fingerprint density at radius 3 is 2.72 bits per heavy atom. The van der Waals surface area contributed by atoms with Gasteiger partial charge in [-0.25, -0.2) is 9.78 Å². The fraction of sp³-hybridized carbons (Fsp3) is 0.421. The van der Waals surface area contributed by atoms with Crippen molar-refractivity contribution in [1.82, 2.24) is 20.6 Å². The molecule has 2 rings (SSSR count). The Kier molecular flexibility index (Phi) is 6.74. The third kappa shape index (κ3) is 5.45. The van der Waals surface area contributed by atoms with Crippen LogP contribution >= 0.6 is 0 Å². The van der Waals surface area contributed by atoms with E-state index in [-0.39, 0.29) is 18.0 Å². The van der Waals surface area contributed by atoms with Crippen LogP contribution in [-0.4, -0.2) is 22.6 Å². The van der Waals surface area contributed by atoms with Crippen LogP contribution in [0.1, 0.15) is 43.6 Å². The van der Waals surface area contributed by atoms with Gasteiger partial charge in [0.25, 0.3) is 0 Å². The predicted octanol–water partition coefficient (Wildman–Crippen LogP) is 3.38. The van der Waals surface area contributed by atoms with Crippen molar-refractivity contribution in [3.8, 4) is 5.88 Å². The number of hydrogen-bond donors (Lipinski definition) is 2. The van der Waals surface area contributed by atoms with E-state index in [9.17, 15) is 4.79 Å². The van der Waals surface area contributed by atoms with Crippen LogP contribution in [0.5, 0.6) is 5.88 Å². The first-order chi connectivity index (χ1) is 12.0. The monoisotopic (exact) mass is 342 g/mol. The Morgan fingerprint density at radius 2 is 2.04 bits per heavy atom. The normalized spacial score (nSPS) is 11.9. The summed E-state index contributed by atoms with van der Waals surface area (Å²) in [6, 6.07) is 7.22. The van der Waals surface area contributed by atoms with Gasteiger partial charge in [0.2, 0.25) is 5.88 Å². The second-order valence-electron chi connectivity index (χ2n) is 6.19. The van der Waals surface area contributed by atoms with Gasteiger partial charge in [-0.2, -0.15) is 0 Å². The van der Waals surface area contributed by atoms with Gasteiger partial charge in [-0.05, 0) is 43.0 Å². The fourth-order valence-corrected chi connectivity index (χ4v) is 2.54. The first kappa shape index (κ1) is 18.7. The molecule has 0 bridgehead atoms. The molecule has 0 saturated carbocycles. The van der Waals surface area contributed by atoms with E-state index in [2.05, 4.69) is 34.4 Å². The maximum Gasteiger partial charge on any atom is 0.315 e. The lowest BCUT2D eigenvalue weighted by molar-refractivity contribution is 0.232. The summed E-state index contributed by atoms with van der Waals surface area (Å²) in [7, 11) is 0. The summed E-state index contributed by atoms with van der Waals surface area (Å²) in [5.41, 5.74) is 2.90. The highest BCUT2D eigenvalue weighted by atomic mass is 16.5. The lowest BCUT2D eigenvalue weighted by atomic mass is 9.97. The first-order valence-corrected chi connectivity index (χ1v) is 8.54. The van der Waals surface area contributed by atoms with Crippen LogP contribution < -0.4 is 15.4 Å². The van der Waals surface area contributed by atoms with Crippen molar-refractivity contribution < 1.29 is 9.53 Å². The average molecular weight is 342 g/mol. The van der Waals surface area contributed by atoms with E-state index in [4.69, 9.17) is 4.74 Å². The minimum absolute atomic E-state index is 0.141.